The summed E-state index contributed by atoms with van der Waals surface area (Å²) in [5.74, 6) is 0. The Bertz CT molecular complexity index is 208. The molecule has 0 aliphatic rings. The van der Waals surface area contributed by atoms with Crippen LogP contribution in [-0.4, -0.2) is 5.11 Å². The van der Waals surface area contributed by atoms with E-state index in [2.05, 4.69) is 0 Å². The second-order valence-corrected chi connectivity index (χ2v) is 1.75. The van der Waals surface area contributed by atoms with Crippen LogP contribution in [0.4, 0.5) is 5.69 Å². The van der Waals surface area contributed by atoms with Crippen LogP contribution in [0.2, 0.25) is 0 Å². The van der Waals surface area contributed by atoms with Gasteiger partial charge in [-0.25, -0.2) is 5.69 Å². The van der Waals surface area contributed by atoms with Crippen LogP contribution < -0.4 is 0 Å². The van der Waals surface area contributed by atoms with Crippen molar-refractivity contribution >= 4 is 5.69 Å². The Balaban J connectivity index is -0.000000270. The number of aliphatic hydroxyl groups is 1. The van der Waals surface area contributed by atoms with Gasteiger partial charge in [0, 0.05) is 20.4 Å². The zero-order chi connectivity index (χ0) is 6.69. The van der Waals surface area contributed by atoms with Crippen LogP contribution >= 0.6 is 0 Å². The van der Waals surface area contributed by atoms with E-state index in [0.29, 0.717) is 11.3 Å². The van der Waals surface area contributed by atoms with E-state index in [1.165, 1.54) is 0 Å². The first-order chi connectivity index (χ1) is 4.33. The van der Waals surface area contributed by atoms with Gasteiger partial charge in [0.25, 0.3) is 0 Å². The van der Waals surface area contributed by atoms with Crippen molar-refractivity contribution in [1.82, 2.24) is 0 Å². The predicted octanol–water partition coefficient (Wildman–Crippen LogP) is 2.70. The topological polar surface area (TPSA) is 44.0 Å². The van der Waals surface area contributed by atoms with Crippen LogP contribution in [0.25, 0.3) is 5.73 Å². The summed E-state index contributed by atoms with van der Waals surface area (Å²) < 4.78 is 0. The summed E-state index contributed by atoms with van der Waals surface area (Å²) in [5.41, 5.74) is 8.19. The third kappa shape index (κ3) is 5.80. The summed E-state index contributed by atoms with van der Waals surface area (Å²) in [7, 11) is 0. The van der Waals surface area contributed by atoms with Crippen LogP contribution in [0.3, 0.4) is 0 Å². The van der Waals surface area contributed by atoms with Gasteiger partial charge < -0.3 is 18.3 Å². The molecular weight excluding hydrogens is 496 g/mol. The van der Waals surface area contributed by atoms with E-state index in [1.807, 2.05) is 0 Å². The fourth-order valence-electron chi connectivity index (χ4n) is 0.619. The minimum absolute atomic E-state index is 0. The zero-order valence-corrected chi connectivity index (χ0v) is 12.3. The quantitative estimate of drug-likeness (QED) is 0.586. The summed E-state index contributed by atoms with van der Waals surface area (Å²) in [4.78, 5) is 0. The first kappa shape index (κ1) is 18.1. The van der Waals surface area contributed by atoms with E-state index in [9.17, 15) is 0 Å². The standard InChI is InChI=1S/C7H7NO.CH3.Re.W/c8-7-3-1-2-6(4-7)5-9;;;/h1-5,8-9H;1H3;;/q-2;-1;;+2. The molecule has 1 aromatic rings. The molecule has 0 spiro atoms. The van der Waals surface area contributed by atoms with Gasteiger partial charge in [-0.05, 0) is 0 Å². The van der Waals surface area contributed by atoms with Gasteiger partial charge >= 0.3 is 21.1 Å². The first-order valence-electron chi connectivity index (χ1n) is 2.62. The number of hydrogen-bond donors (Lipinski definition) is 1. The predicted molar refractivity (Wildman–Crippen MR) is 42.2 cm³/mol. The number of rotatable bonds is 1. The van der Waals surface area contributed by atoms with Crippen LogP contribution in [0, 0.1) is 14.0 Å². The molecule has 2 nitrogen and oxygen atoms in total. The average Bonchev–Trinajstić information content (AvgIpc) is 1.88. The molecule has 12 heavy (non-hydrogen) atoms. The van der Waals surface area contributed by atoms with Gasteiger partial charge in [0.2, 0.25) is 0 Å². The maximum Gasteiger partial charge on any atom is 2.00 e. The molecule has 0 unspecified atom stereocenters. The number of benzene rings is 1. The van der Waals surface area contributed by atoms with Crippen LogP contribution in [0.15, 0.2) is 24.3 Å². The smallest absolute Gasteiger partial charge is 0.709 e. The van der Waals surface area contributed by atoms with Gasteiger partial charge in [-0.15, -0.1) is 12.1 Å². The molecule has 0 heterocycles. The molecule has 1 aromatic carbocycles. The Hall–Kier alpha value is 0.201. The van der Waals surface area contributed by atoms with Crippen molar-refractivity contribution in [2.75, 3.05) is 0 Å². The second-order valence-electron chi connectivity index (χ2n) is 1.75. The van der Waals surface area contributed by atoms with E-state index in [0.717, 1.165) is 6.61 Å². The van der Waals surface area contributed by atoms with Crippen molar-refractivity contribution in [2.24, 2.45) is 0 Å². The fourth-order valence-corrected chi connectivity index (χ4v) is 0.619. The van der Waals surface area contributed by atoms with Gasteiger partial charge in [-0.2, -0.15) is 17.7 Å². The summed E-state index contributed by atoms with van der Waals surface area (Å²) >= 11 is 0. The molecule has 0 aromatic heterocycles. The molecule has 0 aliphatic heterocycles. The maximum atomic E-state index is 8.45. The molecule has 0 saturated carbocycles. The summed E-state index contributed by atoms with van der Waals surface area (Å²) in [5, 5.41) is 8.45. The largest absolute Gasteiger partial charge is 2.00 e. The average molecular weight is 506 g/mol. The normalized spacial score (nSPS) is 6.75. The van der Waals surface area contributed by atoms with E-state index in [4.69, 9.17) is 10.8 Å². The molecular formula is C8H10NOReW-. The summed E-state index contributed by atoms with van der Waals surface area (Å²) in [6.07, 6.45) is 0. The molecule has 1 radical (unpaired) electrons. The Labute approximate surface area is 101 Å². The molecule has 0 saturated heterocycles. The first-order valence-corrected chi connectivity index (χ1v) is 2.62. The number of aliphatic hydroxyl groups excluding tert-OH is 1. The van der Waals surface area contributed by atoms with Crippen LogP contribution in [0.1, 0.15) is 5.56 Å². The van der Waals surface area contributed by atoms with Crippen LogP contribution in [-0.2, 0) is 41.5 Å². The van der Waals surface area contributed by atoms with E-state index < -0.39 is 0 Å². The second kappa shape index (κ2) is 9.29. The van der Waals surface area contributed by atoms with Crippen molar-refractivity contribution < 1.29 is 46.6 Å². The van der Waals surface area contributed by atoms with E-state index in [1.54, 1.807) is 24.3 Å². The van der Waals surface area contributed by atoms with Crippen molar-refractivity contribution in [1.29, 1.82) is 0 Å². The molecule has 67 valence electrons. The molecule has 2 N–H and O–H groups in total. The third-order valence-corrected chi connectivity index (χ3v) is 1.04. The van der Waals surface area contributed by atoms with Gasteiger partial charge in [-0.3, -0.25) is 0 Å². The van der Waals surface area contributed by atoms with Gasteiger partial charge in [-0.1, -0.05) is 6.61 Å². The van der Waals surface area contributed by atoms with E-state index >= 15 is 0 Å². The minimum Gasteiger partial charge on any atom is -0.709 e. The van der Waals surface area contributed by atoms with Crippen LogP contribution in [0.5, 0.6) is 0 Å². The van der Waals surface area contributed by atoms with E-state index in [-0.39, 0.29) is 48.9 Å². The maximum absolute atomic E-state index is 8.45. The Morgan fingerprint density at radius 1 is 1.33 bits per heavy atom. The molecule has 0 bridgehead atoms. The molecule has 0 fully saturated rings. The minimum atomic E-state index is 0. The van der Waals surface area contributed by atoms with Gasteiger partial charge in [0.05, 0.1) is 0 Å². The summed E-state index contributed by atoms with van der Waals surface area (Å²) in [6, 6.07) is 6.70. The Kier molecular flexibility index (Phi) is 14.0. The van der Waals surface area contributed by atoms with Gasteiger partial charge in [0.15, 0.2) is 0 Å². The molecule has 4 heteroatoms. The zero-order valence-electron chi connectivity index (χ0n) is 6.62. The number of nitrogens with one attached hydrogen (secondary N) is 1. The van der Waals surface area contributed by atoms with Crippen molar-refractivity contribution in [3.8, 4) is 0 Å². The fraction of sp³-hybridized carbons (Fsp3) is 0. The van der Waals surface area contributed by atoms with Gasteiger partial charge in [0.1, 0.15) is 0 Å². The Morgan fingerprint density at radius 2 is 1.92 bits per heavy atom. The molecule has 0 atom stereocenters. The Morgan fingerprint density at radius 3 is 2.25 bits per heavy atom. The van der Waals surface area contributed by atoms with Crippen molar-refractivity contribution in [2.45, 2.75) is 0 Å². The van der Waals surface area contributed by atoms with Crippen molar-refractivity contribution in [3.05, 3.63) is 49.6 Å². The molecule has 0 aliphatic carbocycles. The van der Waals surface area contributed by atoms with Crippen molar-refractivity contribution in [3.63, 3.8) is 0 Å². The molecule has 0 amide bonds. The molecule has 1 rings (SSSR count). The third-order valence-electron chi connectivity index (χ3n) is 1.04. The monoisotopic (exact) mass is 507 g/mol. The number of hydrogen-bond acceptors (Lipinski definition) is 1. The SMILES string of the molecule is [CH3-].[NH-]c1cccc([CH-]O)c1.[Re].[W+2]. The summed E-state index contributed by atoms with van der Waals surface area (Å²) in [6.45, 7) is 0.984.